The summed E-state index contributed by atoms with van der Waals surface area (Å²) in [6.45, 7) is 5.91. The number of nitrogens with two attached hydrogens (primary N) is 2. The normalized spacial score (nSPS) is 21.0. The van der Waals surface area contributed by atoms with Crippen molar-refractivity contribution in [3.05, 3.63) is 83.0 Å². The molecule has 2 saturated carbocycles. The zero-order valence-electron chi connectivity index (χ0n) is 29.8. The summed E-state index contributed by atoms with van der Waals surface area (Å²) in [6.07, 6.45) is 6.99. The molecule has 3 amide bonds. The number of nitrogens with zero attached hydrogens (tertiary/aromatic N) is 6. The van der Waals surface area contributed by atoms with Crippen LogP contribution < -0.4 is 32.3 Å². The number of benzene rings is 1. The first-order valence-corrected chi connectivity index (χ1v) is 18.4. The van der Waals surface area contributed by atoms with Gasteiger partial charge in [-0.2, -0.15) is 5.10 Å². The van der Waals surface area contributed by atoms with Crippen molar-refractivity contribution in [2.45, 2.75) is 50.9 Å². The summed E-state index contributed by atoms with van der Waals surface area (Å²) in [5.74, 6) is -0.435. The summed E-state index contributed by atoms with van der Waals surface area (Å²) >= 11 is 0. The van der Waals surface area contributed by atoms with Crippen molar-refractivity contribution < 1.29 is 19.1 Å². The highest BCUT2D eigenvalue weighted by atomic mass is 16.5. The number of pyridine rings is 1. The van der Waals surface area contributed by atoms with E-state index in [1.807, 2.05) is 42.4 Å². The Kier molecular flexibility index (Phi) is 8.15. The first-order valence-electron chi connectivity index (χ1n) is 18.4. The van der Waals surface area contributed by atoms with Crippen LogP contribution in [0.2, 0.25) is 0 Å². The number of hydrogen-bond acceptors (Lipinski definition) is 11. The molecule has 7 N–H and O–H groups in total. The Balaban J connectivity index is 0.895. The van der Waals surface area contributed by atoms with Gasteiger partial charge in [0.1, 0.15) is 17.2 Å². The van der Waals surface area contributed by atoms with Crippen molar-refractivity contribution >= 4 is 29.1 Å². The van der Waals surface area contributed by atoms with Crippen molar-refractivity contribution in [2.75, 3.05) is 56.7 Å². The van der Waals surface area contributed by atoms with Crippen LogP contribution in [-0.2, 0) is 27.4 Å². The SMILES string of the molecule is CN1Cc2c(cnn2C2CN(Cc3cccc(C(=O)N4CC5(COC5)C4)n3)C2)-c2cccc(NC(/C=C(\N)NC(=O)C3CC3)=C(/N)C(=O)NC3CC3)c21. The van der Waals surface area contributed by atoms with Gasteiger partial charge in [-0.3, -0.25) is 24.0 Å². The van der Waals surface area contributed by atoms with E-state index in [2.05, 4.69) is 36.5 Å². The maximum absolute atomic E-state index is 13.1. The number of likely N-dealkylation sites (tertiary alicyclic amines) is 2. The van der Waals surface area contributed by atoms with Gasteiger partial charge in [0.15, 0.2) is 0 Å². The Morgan fingerprint density at radius 2 is 1.79 bits per heavy atom. The second-order valence-electron chi connectivity index (χ2n) is 15.6. The minimum Gasteiger partial charge on any atom is -0.393 e. The molecule has 5 fully saturated rings. The summed E-state index contributed by atoms with van der Waals surface area (Å²) in [4.78, 5) is 49.6. The molecule has 1 aromatic carbocycles. The lowest BCUT2D eigenvalue weighted by molar-refractivity contribution is -0.176. The maximum atomic E-state index is 13.1. The second kappa shape index (κ2) is 12.9. The van der Waals surface area contributed by atoms with Gasteiger partial charge in [-0.05, 0) is 43.9 Å². The van der Waals surface area contributed by atoms with Gasteiger partial charge in [0.2, 0.25) is 5.91 Å². The van der Waals surface area contributed by atoms with E-state index in [-0.39, 0.29) is 52.7 Å². The van der Waals surface area contributed by atoms with E-state index in [1.165, 1.54) is 6.08 Å². The van der Waals surface area contributed by atoms with Crippen LogP contribution in [0, 0.1) is 11.3 Å². The molecule has 1 spiro atoms. The van der Waals surface area contributed by atoms with Crippen LogP contribution in [0.25, 0.3) is 11.1 Å². The highest BCUT2D eigenvalue weighted by Gasteiger charge is 2.51. The van der Waals surface area contributed by atoms with Crippen molar-refractivity contribution in [1.82, 2.24) is 35.2 Å². The summed E-state index contributed by atoms with van der Waals surface area (Å²) in [7, 11) is 2.03. The van der Waals surface area contributed by atoms with Gasteiger partial charge in [0.05, 0.1) is 65.9 Å². The molecule has 3 aromatic rings. The third-order valence-corrected chi connectivity index (χ3v) is 11.1. The van der Waals surface area contributed by atoms with Crippen molar-refractivity contribution in [3.8, 4) is 11.1 Å². The van der Waals surface area contributed by atoms with Crippen molar-refractivity contribution in [2.24, 2.45) is 22.8 Å². The van der Waals surface area contributed by atoms with Crippen LogP contribution in [0.5, 0.6) is 0 Å². The van der Waals surface area contributed by atoms with E-state index in [1.54, 1.807) is 6.07 Å². The van der Waals surface area contributed by atoms with Gasteiger partial charge in [0.25, 0.3) is 11.8 Å². The van der Waals surface area contributed by atoms with Gasteiger partial charge < -0.3 is 42.0 Å². The van der Waals surface area contributed by atoms with Gasteiger partial charge in [-0.1, -0.05) is 18.2 Å². The van der Waals surface area contributed by atoms with E-state index < -0.39 is 0 Å². The first kappa shape index (κ1) is 33.4. The molecule has 2 aromatic heterocycles. The lowest BCUT2D eigenvalue weighted by Gasteiger charge is -2.54. The lowest BCUT2D eigenvalue weighted by Crippen LogP contribution is -2.67. The Hall–Kier alpha value is -5.41. The molecule has 6 aliphatic rings. The molecule has 6 heterocycles. The number of anilines is 2. The third kappa shape index (κ3) is 6.48. The number of carbonyl (C=O) groups excluding carboxylic acids is 3. The Morgan fingerprint density at radius 1 is 1.02 bits per heavy atom. The van der Waals surface area contributed by atoms with E-state index in [0.29, 0.717) is 24.5 Å². The number of amides is 3. The molecule has 15 heteroatoms. The van der Waals surface area contributed by atoms with Gasteiger partial charge in [0, 0.05) is 68.9 Å². The third-order valence-electron chi connectivity index (χ3n) is 11.1. The molecule has 2 aliphatic carbocycles. The molecule has 9 rings (SSSR count). The molecule has 3 saturated heterocycles. The second-order valence-corrected chi connectivity index (χ2v) is 15.6. The number of allylic oxidation sites excluding steroid dienone is 1. The molecule has 0 bridgehead atoms. The van der Waals surface area contributed by atoms with Crippen LogP contribution in [-0.4, -0.2) is 94.8 Å². The molecule has 15 nitrogen and oxygen atoms in total. The van der Waals surface area contributed by atoms with Crippen LogP contribution in [0.4, 0.5) is 11.4 Å². The zero-order valence-corrected chi connectivity index (χ0v) is 29.8. The number of nitrogens with one attached hydrogen (secondary N) is 3. The smallest absolute Gasteiger partial charge is 0.272 e. The number of hydrogen-bond donors (Lipinski definition) is 5. The minimum atomic E-state index is -0.384. The predicted octanol–water partition coefficient (Wildman–Crippen LogP) is 1.61. The Bertz CT molecular complexity index is 2050. The van der Waals surface area contributed by atoms with Gasteiger partial charge in [-0.25, -0.2) is 4.98 Å². The van der Waals surface area contributed by atoms with Gasteiger partial charge >= 0.3 is 0 Å². The largest absolute Gasteiger partial charge is 0.393 e. The number of carbonyl (C=O) groups is 3. The molecule has 0 unspecified atom stereocenters. The average Bonchev–Trinajstić information content (AvgIpc) is 4.03. The molecule has 276 valence electrons. The fourth-order valence-electron chi connectivity index (χ4n) is 7.77. The number of ether oxygens (including phenoxy) is 1. The Labute approximate surface area is 307 Å². The molecule has 0 radical (unpaired) electrons. The van der Waals surface area contributed by atoms with E-state index >= 15 is 0 Å². The molecular formula is C38H45N11O4. The van der Waals surface area contributed by atoms with Crippen LogP contribution in [0.15, 0.2) is 65.9 Å². The summed E-state index contributed by atoms with van der Waals surface area (Å²) in [6, 6.07) is 12.0. The maximum Gasteiger partial charge on any atom is 0.272 e. The van der Waals surface area contributed by atoms with Crippen molar-refractivity contribution in [1.29, 1.82) is 0 Å². The Morgan fingerprint density at radius 3 is 2.51 bits per heavy atom. The van der Waals surface area contributed by atoms with Crippen LogP contribution >= 0.6 is 0 Å². The summed E-state index contributed by atoms with van der Waals surface area (Å²) in [5, 5.41) is 13.9. The van der Waals surface area contributed by atoms with Crippen molar-refractivity contribution in [3.63, 3.8) is 0 Å². The highest BCUT2D eigenvalue weighted by Crippen LogP contribution is 2.44. The van der Waals surface area contributed by atoms with Crippen LogP contribution in [0.1, 0.15) is 53.6 Å². The zero-order chi connectivity index (χ0) is 36.4. The average molecular weight is 720 g/mol. The van der Waals surface area contributed by atoms with Crippen LogP contribution in [0.3, 0.4) is 0 Å². The molecular weight excluding hydrogens is 674 g/mol. The lowest BCUT2D eigenvalue weighted by atomic mass is 9.78. The first-order chi connectivity index (χ1) is 25.6. The van der Waals surface area contributed by atoms with E-state index in [0.717, 1.165) is 99.0 Å². The van der Waals surface area contributed by atoms with E-state index in [9.17, 15) is 14.4 Å². The molecule has 4 aliphatic heterocycles. The standard InChI is InChI=1S/C38H45N11O4/c1-46-17-31-27(13-41-49(31)25-15-47(16-25)14-24-4-2-7-29(42-24)37(52)48-18-38(19-48)20-53-21-38)26-5-3-6-28(34(26)46)44-30(33(40)36(51)43-23-10-11-23)12-32(39)45-35(50)22-8-9-22/h2-7,12-13,22-23,25,44H,8-11,14-21,39-40H2,1H3,(H,43,51)(H,45,50)/b32-12+,33-30+. The number of para-hydroxylation sites is 1. The number of rotatable bonds is 11. The topological polar surface area (TPSA) is 189 Å². The number of aromatic nitrogens is 3. The summed E-state index contributed by atoms with van der Waals surface area (Å²) < 4.78 is 7.49. The fourth-order valence-corrected chi connectivity index (χ4v) is 7.77. The summed E-state index contributed by atoms with van der Waals surface area (Å²) in [5.41, 5.74) is 19.4. The highest BCUT2D eigenvalue weighted by molar-refractivity contribution is 5.96. The fraction of sp³-hybridized carbons (Fsp3) is 0.447. The monoisotopic (exact) mass is 719 g/mol. The van der Waals surface area contributed by atoms with E-state index in [4.69, 9.17) is 26.3 Å². The quantitative estimate of drug-likeness (QED) is 0.143. The predicted molar refractivity (Wildman–Crippen MR) is 197 cm³/mol. The molecule has 0 atom stereocenters. The molecule has 53 heavy (non-hydrogen) atoms. The van der Waals surface area contributed by atoms with Gasteiger partial charge in [-0.15, -0.1) is 0 Å². The number of fused-ring (bicyclic) bond motifs is 3. The minimum absolute atomic E-state index is 0.00969.